The second kappa shape index (κ2) is 5.61. The first-order valence-electron chi connectivity index (χ1n) is 7.04. The second-order valence-electron chi connectivity index (χ2n) is 5.33. The summed E-state index contributed by atoms with van der Waals surface area (Å²) < 4.78 is 5.46. The molecule has 1 saturated heterocycles. The highest BCUT2D eigenvalue weighted by Gasteiger charge is 2.39. The summed E-state index contributed by atoms with van der Waals surface area (Å²) >= 11 is 0. The van der Waals surface area contributed by atoms with Crippen LogP contribution in [0.3, 0.4) is 0 Å². The van der Waals surface area contributed by atoms with Crippen molar-refractivity contribution in [2.45, 2.75) is 38.0 Å². The molecule has 2 aliphatic rings. The molecule has 1 aliphatic carbocycles. The molecule has 0 unspecified atom stereocenters. The van der Waals surface area contributed by atoms with E-state index < -0.39 is 0 Å². The van der Waals surface area contributed by atoms with E-state index in [2.05, 4.69) is 5.32 Å². The summed E-state index contributed by atoms with van der Waals surface area (Å²) in [5.41, 5.74) is 1.04. The lowest BCUT2D eigenvalue weighted by Gasteiger charge is -2.27. The maximum absolute atomic E-state index is 12.3. The third-order valence-electron chi connectivity index (χ3n) is 3.78. The number of benzene rings is 1. The molecule has 1 heterocycles. The molecule has 1 N–H and O–H groups in total. The van der Waals surface area contributed by atoms with Crippen LogP contribution in [0.5, 0.6) is 0 Å². The number of hydrogen-bond acceptors (Lipinski definition) is 3. The topological polar surface area (TPSA) is 41.6 Å². The van der Waals surface area contributed by atoms with Crippen LogP contribution >= 0.6 is 0 Å². The summed E-state index contributed by atoms with van der Waals surface area (Å²) in [4.78, 5) is 14.2. The molecule has 0 bridgehead atoms. The lowest BCUT2D eigenvalue weighted by Crippen LogP contribution is -2.43. The van der Waals surface area contributed by atoms with Gasteiger partial charge in [-0.25, -0.2) is 4.79 Å². The minimum absolute atomic E-state index is 0.153. The fraction of sp³-hybridized carbons (Fsp3) is 0.533. The van der Waals surface area contributed by atoms with Crippen LogP contribution in [0.2, 0.25) is 0 Å². The molecule has 3 rings (SSSR count). The maximum Gasteiger partial charge on any atom is 0.410 e. The molecule has 19 heavy (non-hydrogen) atoms. The Morgan fingerprint density at radius 3 is 2.63 bits per heavy atom. The number of carbonyl (C=O) groups is 1. The molecule has 1 amide bonds. The number of carbonyl (C=O) groups excluding carboxylic acids is 1. The molecule has 2 fully saturated rings. The largest absolute Gasteiger partial charge is 0.445 e. The van der Waals surface area contributed by atoms with Crippen LogP contribution in [0.15, 0.2) is 30.3 Å². The molecule has 102 valence electrons. The Morgan fingerprint density at radius 1 is 1.21 bits per heavy atom. The number of rotatable bonds is 4. The highest BCUT2D eigenvalue weighted by Crippen LogP contribution is 2.31. The molecule has 4 nitrogen and oxygen atoms in total. The summed E-state index contributed by atoms with van der Waals surface area (Å²) in [7, 11) is 0. The Kier molecular flexibility index (Phi) is 3.69. The Bertz CT molecular complexity index is 425. The van der Waals surface area contributed by atoms with Gasteiger partial charge in [0.1, 0.15) is 6.61 Å². The predicted molar refractivity (Wildman–Crippen MR) is 72.8 cm³/mol. The van der Waals surface area contributed by atoms with Gasteiger partial charge in [0.15, 0.2) is 0 Å². The van der Waals surface area contributed by atoms with E-state index in [0.717, 1.165) is 37.9 Å². The molecule has 0 aromatic heterocycles. The van der Waals surface area contributed by atoms with E-state index in [0.29, 0.717) is 18.7 Å². The molecular weight excluding hydrogens is 240 g/mol. The van der Waals surface area contributed by atoms with E-state index in [4.69, 9.17) is 4.74 Å². The highest BCUT2D eigenvalue weighted by atomic mass is 16.6. The normalized spacial score (nSPS) is 22.2. The van der Waals surface area contributed by atoms with Crippen molar-refractivity contribution in [1.29, 1.82) is 0 Å². The lowest BCUT2D eigenvalue weighted by atomic mass is 10.2. The average Bonchev–Trinajstić information content (AvgIpc) is 3.12. The number of nitrogens with one attached hydrogen (secondary N) is 1. The van der Waals surface area contributed by atoms with Gasteiger partial charge in [0, 0.05) is 18.6 Å². The van der Waals surface area contributed by atoms with Gasteiger partial charge in [-0.3, -0.25) is 0 Å². The van der Waals surface area contributed by atoms with E-state index in [1.165, 1.54) is 0 Å². The average molecular weight is 260 g/mol. The van der Waals surface area contributed by atoms with Crippen LogP contribution < -0.4 is 5.32 Å². The number of hydrogen-bond donors (Lipinski definition) is 1. The molecular formula is C15H20N2O2. The fourth-order valence-corrected chi connectivity index (χ4v) is 2.62. The first kappa shape index (κ1) is 12.5. The van der Waals surface area contributed by atoms with Crippen LogP contribution in [-0.4, -0.2) is 36.2 Å². The summed E-state index contributed by atoms with van der Waals surface area (Å²) in [5.74, 6) is 0. The van der Waals surface area contributed by atoms with Crippen LogP contribution in [-0.2, 0) is 11.3 Å². The lowest BCUT2D eigenvalue weighted by molar-refractivity contribution is 0.0799. The van der Waals surface area contributed by atoms with Gasteiger partial charge in [-0.15, -0.1) is 0 Å². The van der Waals surface area contributed by atoms with Crippen molar-refractivity contribution in [3.8, 4) is 0 Å². The van der Waals surface area contributed by atoms with Gasteiger partial charge in [-0.1, -0.05) is 30.3 Å². The zero-order valence-corrected chi connectivity index (χ0v) is 11.0. The SMILES string of the molecule is O=C(OCc1ccccc1)N(C1CC1)[C@@H]1CCNC1. The maximum atomic E-state index is 12.3. The zero-order valence-electron chi connectivity index (χ0n) is 11.0. The predicted octanol–water partition coefficient (Wildman–Crippen LogP) is 2.15. The van der Waals surface area contributed by atoms with Crippen molar-refractivity contribution in [2.24, 2.45) is 0 Å². The van der Waals surface area contributed by atoms with Gasteiger partial charge in [-0.05, 0) is 31.4 Å². The molecule has 0 radical (unpaired) electrons. The van der Waals surface area contributed by atoms with Crippen LogP contribution in [0.1, 0.15) is 24.8 Å². The zero-order chi connectivity index (χ0) is 13.1. The third kappa shape index (κ3) is 3.07. The third-order valence-corrected chi connectivity index (χ3v) is 3.78. The van der Waals surface area contributed by atoms with Gasteiger partial charge in [0.25, 0.3) is 0 Å². The molecule has 1 saturated carbocycles. The van der Waals surface area contributed by atoms with E-state index >= 15 is 0 Å². The molecule has 1 aromatic carbocycles. The van der Waals surface area contributed by atoms with E-state index in [9.17, 15) is 4.79 Å². The van der Waals surface area contributed by atoms with Crippen molar-refractivity contribution in [2.75, 3.05) is 13.1 Å². The van der Waals surface area contributed by atoms with Crippen molar-refractivity contribution in [3.05, 3.63) is 35.9 Å². The van der Waals surface area contributed by atoms with Gasteiger partial charge in [-0.2, -0.15) is 0 Å². The smallest absolute Gasteiger partial charge is 0.410 e. The summed E-state index contributed by atoms with van der Waals surface area (Å²) in [6.07, 6.45) is 3.13. The molecule has 0 spiro atoms. The van der Waals surface area contributed by atoms with E-state index in [1.54, 1.807) is 0 Å². The van der Waals surface area contributed by atoms with Crippen molar-refractivity contribution in [3.63, 3.8) is 0 Å². The standard InChI is InChI=1S/C15H20N2O2/c18-15(19-11-12-4-2-1-3-5-12)17(13-6-7-13)14-8-9-16-10-14/h1-5,13-14,16H,6-11H2/t14-/m1/s1. The van der Waals surface area contributed by atoms with Crippen molar-refractivity contribution in [1.82, 2.24) is 10.2 Å². The van der Waals surface area contributed by atoms with Gasteiger partial charge in [0.2, 0.25) is 0 Å². The number of amides is 1. The number of nitrogens with zero attached hydrogens (tertiary/aromatic N) is 1. The Hall–Kier alpha value is -1.55. The monoisotopic (exact) mass is 260 g/mol. The minimum atomic E-state index is -0.153. The first-order chi connectivity index (χ1) is 9.34. The van der Waals surface area contributed by atoms with Gasteiger partial charge in [0.05, 0.1) is 0 Å². The summed E-state index contributed by atoms with van der Waals surface area (Å²) in [6, 6.07) is 10.6. The molecule has 4 heteroatoms. The Balaban J connectivity index is 1.58. The van der Waals surface area contributed by atoms with Crippen molar-refractivity contribution >= 4 is 6.09 Å². The second-order valence-corrected chi connectivity index (χ2v) is 5.33. The van der Waals surface area contributed by atoms with Crippen LogP contribution in [0, 0.1) is 0 Å². The fourth-order valence-electron chi connectivity index (χ4n) is 2.62. The van der Waals surface area contributed by atoms with Gasteiger partial charge >= 0.3 is 6.09 Å². The Labute approximate surface area is 113 Å². The Morgan fingerprint density at radius 2 is 2.00 bits per heavy atom. The van der Waals surface area contributed by atoms with Crippen LogP contribution in [0.4, 0.5) is 4.79 Å². The van der Waals surface area contributed by atoms with Gasteiger partial charge < -0.3 is 15.0 Å². The van der Waals surface area contributed by atoms with Crippen LogP contribution in [0.25, 0.3) is 0 Å². The molecule has 1 atom stereocenters. The van der Waals surface area contributed by atoms with E-state index in [1.807, 2.05) is 35.2 Å². The number of ether oxygens (including phenoxy) is 1. The quantitative estimate of drug-likeness (QED) is 0.902. The summed E-state index contributed by atoms with van der Waals surface area (Å²) in [6.45, 7) is 2.26. The highest BCUT2D eigenvalue weighted by molar-refractivity contribution is 5.69. The summed E-state index contributed by atoms with van der Waals surface area (Å²) in [5, 5.41) is 3.31. The van der Waals surface area contributed by atoms with E-state index in [-0.39, 0.29) is 6.09 Å². The first-order valence-corrected chi connectivity index (χ1v) is 7.04. The molecule has 1 aliphatic heterocycles. The van der Waals surface area contributed by atoms with Crippen molar-refractivity contribution < 1.29 is 9.53 Å². The minimum Gasteiger partial charge on any atom is -0.445 e. The molecule has 1 aromatic rings.